The number of benzene rings is 3. The Bertz CT molecular complexity index is 1060. The first-order valence-corrected chi connectivity index (χ1v) is 9.65. The van der Waals surface area contributed by atoms with Crippen molar-refractivity contribution in [3.05, 3.63) is 99.0 Å². The minimum atomic E-state index is -0.397. The summed E-state index contributed by atoms with van der Waals surface area (Å²) in [6, 6.07) is 18.1. The van der Waals surface area contributed by atoms with Crippen molar-refractivity contribution in [1.82, 2.24) is 0 Å². The van der Waals surface area contributed by atoms with E-state index in [9.17, 15) is 9.59 Å². The average molecular weight is 446 g/mol. The molecule has 2 amide bonds. The molecule has 3 aromatic carbocycles. The Labute approximate surface area is 183 Å². The number of amides is 2. The minimum absolute atomic E-state index is 0.173. The molecular weight excluding hydrogens is 431 g/mol. The summed E-state index contributed by atoms with van der Waals surface area (Å²) in [4.78, 5) is 24.4. The Kier molecular flexibility index (Phi) is 6.94. The smallest absolute Gasteiger partial charge is 0.308 e. The van der Waals surface area contributed by atoms with Gasteiger partial charge in [-0.15, -0.1) is 0 Å². The van der Waals surface area contributed by atoms with Gasteiger partial charge in [0.25, 0.3) is 0 Å². The molecule has 0 aliphatic carbocycles. The van der Waals surface area contributed by atoms with E-state index >= 15 is 0 Å². The highest BCUT2D eigenvalue weighted by atomic mass is 35.5. The Balaban J connectivity index is 1.59. The van der Waals surface area contributed by atoms with Gasteiger partial charge in [0.1, 0.15) is 0 Å². The molecule has 0 saturated carbocycles. The van der Waals surface area contributed by atoms with E-state index in [-0.39, 0.29) is 5.78 Å². The second kappa shape index (κ2) is 9.61. The number of halogens is 3. The maximum Gasteiger partial charge on any atom is 0.323 e. The molecule has 0 spiro atoms. The second-order valence-electron chi connectivity index (χ2n) is 6.03. The van der Waals surface area contributed by atoms with Crippen LogP contribution in [0.5, 0.6) is 0 Å². The summed E-state index contributed by atoms with van der Waals surface area (Å²) in [5, 5.41) is 6.86. The summed E-state index contributed by atoms with van der Waals surface area (Å²) in [5.74, 6) is -0.173. The van der Waals surface area contributed by atoms with Gasteiger partial charge in [0.2, 0.25) is 0 Å². The van der Waals surface area contributed by atoms with E-state index in [0.717, 1.165) is 5.56 Å². The summed E-state index contributed by atoms with van der Waals surface area (Å²) in [5.41, 5.74) is 2.43. The number of hydrogen-bond acceptors (Lipinski definition) is 2. The van der Waals surface area contributed by atoms with Gasteiger partial charge >= 0.3 is 6.03 Å². The summed E-state index contributed by atoms with van der Waals surface area (Å²) in [6.45, 7) is 0. The maximum absolute atomic E-state index is 12.3. The third kappa shape index (κ3) is 6.09. The average Bonchev–Trinajstić information content (AvgIpc) is 2.71. The molecule has 0 unspecified atom stereocenters. The van der Waals surface area contributed by atoms with Crippen molar-refractivity contribution in [2.75, 3.05) is 10.6 Å². The van der Waals surface area contributed by atoms with Gasteiger partial charge in [-0.25, -0.2) is 4.79 Å². The van der Waals surface area contributed by atoms with Crippen LogP contribution < -0.4 is 10.6 Å². The zero-order chi connectivity index (χ0) is 20.8. The van der Waals surface area contributed by atoms with Crippen LogP contribution in [0.25, 0.3) is 6.08 Å². The molecule has 2 N–H and O–H groups in total. The zero-order valence-electron chi connectivity index (χ0n) is 15.0. The number of nitrogens with one attached hydrogen (secondary N) is 2. The lowest BCUT2D eigenvalue weighted by atomic mass is 10.1. The first-order valence-electron chi connectivity index (χ1n) is 8.52. The quantitative estimate of drug-likeness (QED) is 0.322. The van der Waals surface area contributed by atoms with Gasteiger partial charge in [0, 0.05) is 22.0 Å². The van der Waals surface area contributed by atoms with Crippen molar-refractivity contribution in [3.8, 4) is 0 Å². The number of allylic oxidation sites excluding steroid dienone is 1. The standard InChI is InChI=1S/C22H15Cl3N2O2/c23-16-5-9-18(10-6-16)27-22(29)26-17-7-3-15(4-8-17)21(28)12-2-14-1-11-19(24)20(25)13-14/h1-13H,(H2,26,27,29)/b12-2+. The lowest BCUT2D eigenvalue weighted by Gasteiger charge is -2.08. The Hall–Kier alpha value is -2.79. The van der Waals surface area contributed by atoms with E-state index in [1.54, 1.807) is 72.8 Å². The summed E-state index contributed by atoms with van der Waals surface area (Å²) in [6.07, 6.45) is 3.12. The summed E-state index contributed by atoms with van der Waals surface area (Å²) in [7, 11) is 0. The zero-order valence-corrected chi connectivity index (χ0v) is 17.2. The van der Waals surface area contributed by atoms with E-state index in [4.69, 9.17) is 34.8 Å². The molecule has 0 aliphatic rings. The number of carbonyl (C=O) groups excluding carboxylic acids is 2. The highest BCUT2D eigenvalue weighted by Gasteiger charge is 2.06. The van der Waals surface area contributed by atoms with Crippen molar-refractivity contribution in [1.29, 1.82) is 0 Å². The van der Waals surface area contributed by atoms with Crippen LogP contribution in [0.2, 0.25) is 15.1 Å². The topological polar surface area (TPSA) is 58.2 Å². The minimum Gasteiger partial charge on any atom is -0.308 e. The van der Waals surface area contributed by atoms with Crippen molar-refractivity contribution < 1.29 is 9.59 Å². The number of urea groups is 1. The Morgan fingerprint density at radius 3 is 1.90 bits per heavy atom. The molecule has 4 nitrogen and oxygen atoms in total. The van der Waals surface area contributed by atoms with E-state index in [1.165, 1.54) is 6.08 Å². The lowest BCUT2D eigenvalue weighted by molar-refractivity contribution is 0.104. The van der Waals surface area contributed by atoms with Crippen molar-refractivity contribution in [2.24, 2.45) is 0 Å². The second-order valence-corrected chi connectivity index (χ2v) is 7.29. The van der Waals surface area contributed by atoms with E-state index in [0.29, 0.717) is 32.0 Å². The number of anilines is 2. The molecule has 3 rings (SSSR count). The molecule has 0 aliphatic heterocycles. The predicted octanol–water partition coefficient (Wildman–Crippen LogP) is 7.19. The van der Waals surface area contributed by atoms with Crippen molar-refractivity contribution in [2.45, 2.75) is 0 Å². The first kappa shape index (κ1) is 20.9. The molecule has 29 heavy (non-hydrogen) atoms. The summed E-state index contributed by atoms with van der Waals surface area (Å²) >= 11 is 17.7. The third-order valence-corrected chi connectivity index (χ3v) is 4.89. The fourth-order valence-electron chi connectivity index (χ4n) is 2.43. The molecule has 0 radical (unpaired) electrons. The van der Waals surface area contributed by atoms with Crippen molar-refractivity contribution >= 4 is 64.1 Å². The van der Waals surface area contributed by atoms with E-state index in [1.807, 2.05) is 0 Å². The van der Waals surface area contributed by atoms with Crippen LogP contribution in [0.1, 0.15) is 15.9 Å². The number of carbonyl (C=O) groups is 2. The van der Waals surface area contributed by atoms with Gasteiger partial charge in [-0.1, -0.05) is 46.9 Å². The highest BCUT2D eigenvalue weighted by molar-refractivity contribution is 6.42. The molecule has 7 heteroatoms. The monoisotopic (exact) mass is 444 g/mol. The van der Waals surface area contributed by atoms with Crippen molar-refractivity contribution in [3.63, 3.8) is 0 Å². The number of ketones is 1. The van der Waals surface area contributed by atoms with Gasteiger partial charge in [-0.3, -0.25) is 4.79 Å². The van der Waals surface area contributed by atoms with Gasteiger partial charge < -0.3 is 10.6 Å². The molecule has 0 bridgehead atoms. The van der Waals surface area contributed by atoms with Gasteiger partial charge in [-0.2, -0.15) is 0 Å². The SMILES string of the molecule is O=C(Nc1ccc(Cl)cc1)Nc1ccc(C(=O)/C=C/c2ccc(Cl)c(Cl)c2)cc1. The van der Waals surface area contributed by atoms with Crippen LogP contribution in [-0.4, -0.2) is 11.8 Å². The fraction of sp³-hybridized carbons (Fsp3) is 0. The van der Waals surface area contributed by atoms with E-state index < -0.39 is 6.03 Å². The molecule has 0 heterocycles. The molecular formula is C22H15Cl3N2O2. The van der Waals surface area contributed by atoms with Crippen LogP contribution in [0.15, 0.2) is 72.8 Å². The van der Waals surface area contributed by atoms with Crippen LogP contribution in [0.3, 0.4) is 0 Å². The molecule has 3 aromatic rings. The lowest BCUT2D eigenvalue weighted by Crippen LogP contribution is -2.19. The largest absolute Gasteiger partial charge is 0.323 e. The number of rotatable bonds is 5. The Morgan fingerprint density at radius 2 is 1.31 bits per heavy atom. The maximum atomic E-state index is 12.3. The molecule has 146 valence electrons. The predicted molar refractivity (Wildman–Crippen MR) is 120 cm³/mol. The van der Waals surface area contributed by atoms with Crippen LogP contribution in [-0.2, 0) is 0 Å². The number of hydrogen-bond donors (Lipinski definition) is 2. The Morgan fingerprint density at radius 1 is 0.724 bits per heavy atom. The molecule has 0 saturated heterocycles. The fourth-order valence-corrected chi connectivity index (χ4v) is 2.86. The highest BCUT2D eigenvalue weighted by Crippen LogP contribution is 2.23. The van der Waals surface area contributed by atoms with Gasteiger partial charge in [0.05, 0.1) is 10.0 Å². The van der Waals surface area contributed by atoms with Crippen LogP contribution in [0, 0.1) is 0 Å². The van der Waals surface area contributed by atoms with Crippen LogP contribution >= 0.6 is 34.8 Å². The molecule has 0 atom stereocenters. The molecule has 0 aromatic heterocycles. The van der Waals surface area contributed by atoms with Crippen LogP contribution in [0.4, 0.5) is 16.2 Å². The normalized spacial score (nSPS) is 10.7. The van der Waals surface area contributed by atoms with E-state index in [2.05, 4.69) is 10.6 Å². The van der Waals surface area contributed by atoms with Gasteiger partial charge in [-0.05, 0) is 72.3 Å². The molecule has 0 fully saturated rings. The summed E-state index contributed by atoms with van der Waals surface area (Å²) < 4.78 is 0. The first-order chi connectivity index (χ1) is 13.9. The van der Waals surface area contributed by atoms with Gasteiger partial charge in [0.15, 0.2) is 5.78 Å². The third-order valence-electron chi connectivity index (χ3n) is 3.90.